The Hall–Kier alpha value is 0. The zero-order chi connectivity index (χ0) is 18.7. The van der Waals surface area contributed by atoms with E-state index in [1.54, 1.807) is 0 Å². The first-order valence-electron chi connectivity index (χ1n) is 12.4. The van der Waals surface area contributed by atoms with Gasteiger partial charge in [-0.05, 0) is 68.1 Å². The lowest BCUT2D eigenvalue weighted by atomic mass is 9.72. The SMILES string of the molecule is C[C]1CCCCC1CCCCCCCCCCCC1CCC(C)(C)CC1. The van der Waals surface area contributed by atoms with E-state index in [2.05, 4.69) is 20.8 Å². The normalized spacial score (nSPS) is 24.8. The minimum atomic E-state index is 0.643. The summed E-state index contributed by atoms with van der Waals surface area (Å²) >= 11 is 0. The highest BCUT2D eigenvalue weighted by molar-refractivity contribution is 4.94. The quantitative estimate of drug-likeness (QED) is 0.304. The molecule has 0 N–H and O–H groups in total. The van der Waals surface area contributed by atoms with E-state index in [0.29, 0.717) is 5.41 Å². The maximum absolute atomic E-state index is 2.46. The molecular weight excluding hydrogens is 312 g/mol. The lowest BCUT2D eigenvalue weighted by Crippen LogP contribution is -2.21. The van der Waals surface area contributed by atoms with Gasteiger partial charge < -0.3 is 0 Å². The molecular formula is C26H49. The average Bonchev–Trinajstić information content (AvgIpc) is 2.62. The fourth-order valence-electron chi connectivity index (χ4n) is 5.44. The van der Waals surface area contributed by atoms with Gasteiger partial charge in [-0.15, -0.1) is 0 Å². The Labute approximate surface area is 166 Å². The Balaban J connectivity index is 1.31. The van der Waals surface area contributed by atoms with Crippen LogP contribution >= 0.6 is 0 Å². The predicted molar refractivity (Wildman–Crippen MR) is 117 cm³/mol. The molecule has 1 unspecified atom stereocenters. The number of rotatable bonds is 12. The zero-order valence-corrected chi connectivity index (χ0v) is 18.6. The van der Waals surface area contributed by atoms with Crippen LogP contribution in [0.5, 0.6) is 0 Å². The van der Waals surface area contributed by atoms with Crippen molar-refractivity contribution in [2.45, 2.75) is 143 Å². The Bertz CT molecular complexity index is 332. The van der Waals surface area contributed by atoms with Gasteiger partial charge in [0.05, 0.1) is 0 Å². The summed E-state index contributed by atoms with van der Waals surface area (Å²) in [5.41, 5.74) is 0.643. The van der Waals surface area contributed by atoms with Crippen molar-refractivity contribution in [3.8, 4) is 0 Å². The Morgan fingerprint density at radius 2 is 1.23 bits per heavy atom. The fraction of sp³-hybridized carbons (Fsp3) is 0.962. The van der Waals surface area contributed by atoms with E-state index in [4.69, 9.17) is 0 Å². The number of hydrogen-bond donors (Lipinski definition) is 0. The molecule has 2 aliphatic carbocycles. The van der Waals surface area contributed by atoms with Gasteiger partial charge in [-0.2, -0.15) is 0 Å². The molecule has 2 aliphatic rings. The second kappa shape index (κ2) is 12.5. The van der Waals surface area contributed by atoms with Crippen molar-refractivity contribution < 1.29 is 0 Å². The lowest BCUT2D eigenvalue weighted by Gasteiger charge is -2.34. The zero-order valence-electron chi connectivity index (χ0n) is 18.6. The molecule has 2 saturated carbocycles. The molecule has 0 heteroatoms. The highest BCUT2D eigenvalue weighted by atomic mass is 14.3. The maximum Gasteiger partial charge on any atom is -0.0241 e. The van der Waals surface area contributed by atoms with Crippen LogP contribution in [0.25, 0.3) is 0 Å². The molecule has 26 heavy (non-hydrogen) atoms. The average molecular weight is 362 g/mol. The van der Waals surface area contributed by atoms with Crippen molar-refractivity contribution in [3.63, 3.8) is 0 Å². The molecule has 0 amide bonds. The van der Waals surface area contributed by atoms with Gasteiger partial charge in [0.15, 0.2) is 0 Å². The van der Waals surface area contributed by atoms with Gasteiger partial charge in [0, 0.05) is 0 Å². The van der Waals surface area contributed by atoms with Crippen molar-refractivity contribution >= 4 is 0 Å². The van der Waals surface area contributed by atoms with Crippen molar-refractivity contribution in [1.29, 1.82) is 0 Å². The molecule has 0 aromatic heterocycles. The molecule has 0 nitrogen and oxygen atoms in total. The largest absolute Gasteiger partial charge is 0.0599 e. The molecule has 1 atom stereocenters. The van der Waals surface area contributed by atoms with Crippen LogP contribution in [-0.2, 0) is 0 Å². The van der Waals surface area contributed by atoms with Crippen LogP contribution in [-0.4, -0.2) is 0 Å². The Morgan fingerprint density at radius 1 is 0.692 bits per heavy atom. The Morgan fingerprint density at radius 3 is 1.81 bits per heavy atom. The second-order valence-electron chi connectivity index (χ2n) is 10.7. The van der Waals surface area contributed by atoms with Crippen LogP contribution in [0.1, 0.15) is 143 Å². The van der Waals surface area contributed by atoms with Crippen LogP contribution < -0.4 is 0 Å². The van der Waals surface area contributed by atoms with Gasteiger partial charge in [-0.3, -0.25) is 0 Å². The van der Waals surface area contributed by atoms with Crippen LogP contribution in [0, 0.1) is 23.2 Å². The molecule has 0 bridgehead atoms. The standard InChI is InChI=1S/C26H49/c1-23-15-13-14-18-25(23)17-12-10-8-6-4-5-7-9-11-16-24-19-21-26(2,3)22-20-24/h24-25H,4-22H2,1-3H3. The van der Waals surface area contributed by atoms with Crippen molar-refractivity contribution in [2.75, 3.05) is 0 Å². The molecule has 1 radical (unpaired) electrons. The minimum absolute atomic E-state index is 0.643. The van der Waals surface area contributed by atoms with Crippen molar-refractivity contribution in [1.82, 2.24) is 0 Å². The monoisotopic (exact) mass is 361 g/mol. The highest BCUT2D eigenvalue weighted by Gasteiger charge is 2.26. The first-order valence-corrected chi connectivity index (χ1v) is 12.4. The van der Waals surface area contributed by atoms with Crippen LogP contribution in [0.3, 0.4) is 0 Å². The summed E-state index contributed by atoms with van der Waals surface area (Å²) in [5, 5.41) is 0. The molecule has 153 valence electrons. The smallest absolute Gasteiger partial charge is 0.0241 e. The highest BCUT2D eigenvalue weighted by Crippen LogP contribution is 2.39. The molecule has 0 aromatic carbocycles. The van der Waals surface area contributed by atoms with Crippen LogP contribution in [0.4, 0.5) is 0 Å². The van der Waals surface area contributed by atoms with Crippen molar-refractivity contribution in [3.05, 3.63) is 5.92 Å². The van der Waals surface area contributed by atoms with E-state index in [1.807, 2.05) is 5.92 Å². The van der Waals surface area contributed by atoms with Gasteiger partial charge in [0.1, 0.15) is 0 Å². The second-order valence-corrected chi connectivity index (χ2v) is 10.7. The molecule has 0 heterocycles. The Kier molecular flexibility index (Phi) is 10.7. The molecule has 2 rings (SSSR count). The van der Waals surface area contributed by atoms with Crippen molar-refractivity contribution in [2.24, 2.45) is 17.3 Å². The summed E-state index contributed by atoms with van der Waals surface area (Å²) in [4.78, 5) is 0. The molecule has 0 saturated heterocycles. The first-order chi connectivity index (χ1) is 12.6. The predicted octanol–water partition coefficient (Wildman–Crippen LogP) is 9.28. The molecule has 0 aromatic rings. The maximum atomic E-state index is 2.46. The van der Waals surface area contributed by atoms with Crippen LogP contribution in [0.2, 0.25) is 0 Å². The first kappa shape index (κ1) is 22.3. The summed E-state index contributed by atoms with van der Waals surface area (Å²) in [6, 6.07) is 0. The van der Waals surface area contributed by atoms with E-state index in [-0.39, 0.29) is 0 Å². The summed E-state index contributed by atoms with van der Waals surface area (Å²) < 4.78 is 0. The molecule has 2 fully saturated rings. The van der Waals surface area contributed by atoms with Gasteiger partial charge in [0.2, 0.25) is 0 Å². The van der Waals surface area contributed by atoms with Crippen LogP contribution in [0.15, 0.2) is 0 Å². The fourth-order valence-corrected chi connectivity index (χ4v) is 5.44. The molecule has 0 spiro atoms. The lowest BCUT2D eigenvalue weighted by molar-refractivity contribution is 0.182. The summed E-state index contributed by atoms with van der Waals surface area (Å²) in [5.74, 6) is 3.86. The summed E-state index contributed by atoms with van der Waals surface area (Å²) in [7, 11) is 0. The minimum Gasteiger partial charge on any atom is -0.0599 e. The van der Waals surface area contributed by atoms with Gasteiger partial charge in [-0.25, -0.2) is 0 Å². The van der Waals surface area contributed by atoms with E-state index < -0.39 is 0 Å². The van der Waals surface area contributed by atoms with E-state index in [9.17, 15) is 0 Å². The topological polar surface area (TPSA) is 0 Å². The van der Waals surface area contributed by atoms with Gasteiger partial charge >= 0.3 is 0 Å². The summed E-state index contributed by atoms with van der Waals surface area (Å²) in [6.45, 7) is 7.33. The van der Waals surface area contributed by atoms with E-state index >= 15 is 0 Å². The number of hydrogen-bond acceptors (Lipinski definition) is 0. The summed E-state index contributed by atoms with van der Waals surface area (Å²) in [6.07, 6.45) is 28.2. The number of unbranched alkanes of at least 4 members (excludes halogenated alkanes) is 8. The third-order valence-corrected chi connectivity index (χ3v) is 7.69. The third-order valence-electron chi connectivity index (χ3n) is 7.69. The van der Waals surface area contributed by atoms with E-state index in [0.717, 1.165) is 11.8 Å². The van der Waals surface area contributed by atoms with Gasteiger partial charge in [-0.1, -0.05) is 97.8 Å². The van der Waals surface area contributed by atoms with Gasteiger partial charge in [0.25, 0.3) is 0 Å². The third kappa shape index (κ3) is 9.27. The van der Waals surface area contributed by atoms with E-state index in [1.165, 1.54) is 122 Å². The molecule has 0 aliphatic heterocycles.